The molecule has 1 aromatic heterocycles. The Bertz CT molecular complexity index is 1070. The number of nitrogens with one attached hydrogen (secondary N) is 1. The quantitative estimate of drug-likeness (QED) is 0.378. The number of aryl methyl sites for hydroxylation is 1. The van der Waals surface area contributed by atoms with Crippen LogP contribution in [0.3, 0.4) is 0 Å². The number of carboxylic acids is 1. The Balaban J connectivity index is 1.43. The fourth-order valence-electron chi connectivity index (χ4n) is 3.31. The number of benzene rings is 1. The number of thioether (sulfide) groups is 2. The number of fused-ring (bicyclic) bond motifs is 1. The fourth-order valence-corrected chi connectivity index (χ4v) is 5.65. The number of hydrogen-bond acceptors (Lipinski definition) is 9. The second-order valence-electron chi connectivity index (χ2n) is 6.93. The van der Waals surface area contributed by atoms with E-state index in [4.69, 9.17) is 0 Å². The molecule has 13 heteroatoms. The average Bonchev–Trinajstić information content (AvgIpc) is 3.16. The predicted molar refractivity (Wildman–Crippen MR) is 111 cm³/mol. The SMILES string of the molecule is Cn1nnnc1SCC1=C(C(=O)O)N2C(=O)C(NC(=O)Cc3ccc(O)cc3)[C@H]2SC1. The standard InChI is InChI=1S/C18H18N6O5S2/c1-23-18(20-21-22-23)31-8-10-7-30-16-13(15(27)24(16)14(10)17(28)29)19-12(26)6-9-2-4-11(25)5-3-9/h2-5,13,16,25H,6-8H2,1H3,(H,19,26)(H,28,29)/t13?,16-/m1/s1. The number of phenolic OH excluding ortho intramolecular Hbond substituents is 1. The molecule has 0 aliphatic carbocycles. The van der Waals surface area contributed by atoms with Crippen molar-refractivity contribution in [2.75, 3.05) is 11.5 Å². The van der Waals surface area contributed by atoms with Crippen molar-refractivity contribution < 1.29 is 24.6 Å². The summed E-state index contributed by atoms with van der Waals surface area (Å²) in [4.78, 5) is 38.2. The summed E-state index contributed by atoms with van der Waals surface area (Å²) in [6, 6.07) is 5.44. The van der Waals surface area contributed by atoms with Crippen LogP contribution < -0.4 is 5.32 Å². The van der Waals surface area contributed by atoms with Gasteiger partial charge in [0.2, 0.25) is 11.1 Å². The van der Waals surface area contributed by atoms with Crippen LogP contribution in [0.4, 0.5) is 0 Å². The molecule has 2 atom stereocenters. The number of carbonyl (C=O) groups is 3. The van der Waals surface area contributed by atoms with Crippen LogP contribution in [0.25, 0.3) is 0 Å². The van der Waals surface area contributed by atoms with Gasteiger partial charge in [0.25, 0.3) is 5.91 Å². The second kappa shape index (κ2) is 8.59. The summed E-state index contributed by atoms with van der Waals surface area (Å²) in [5, 5.41) is 33.0. The third-order valence-corrected chi connectivity index (χ3v) is 7.26. The Hall–Kier alpha value is -3.06. The monoisotopic (exact) mass is 462 g/mol. The number of phenols is 1. The molecule has 0 radical (unpaired) electrons. The Labute approximate surface area is 184 Å². The molecule has 0 saturated carbocycles. The van der Waals surface area contributed by atoms with Crippen molar-refractivity contribution in [3.05, 3.63) is 41.1 Å². The van der Waals surface area contributed by atoms with E-state index in [1.54, 1.807) is 19.2 Å². The lowest BCUT2D eigenvalue weighted by Gasteiger charge is -2.49. The maximum Gasteiger partial charge on any atom is 0.352 e. The fraction of sp³-hybridized carbons (Fsp3) is 0.333. The first-order valence-electron chi connectivity index (χ1n) is 9.17. The molecule has 2 amide bonds. The van der Waals surface area contributed by atoms with Crippen LogP contribution in [0.1, 0.15) is 5.56 Å². The summed E-state index contributed by atoms with van der Waals surface area (Å²) >= 11 is 2.70. The summed E-state index contributed by atoms with van der Waals surface area (Å²) in [5.74, 6) is -1.13. The van der Waals surface area contributed by atoms with Crippen LogP contribution in [0, 0.1) is 0 Å². The summed E-state index contributed by atoms with van der Waals surface area (Å²) in [5.41, 5.74) is 1.25. The molecular formula is C18H18N6O5S2. The number of rotatable bonds is 7. The van der Waals surface area contributed by atoms with E-state index in [0.29, 0.717) is 27.8 Å². The van der Waals surface area contributed by atoms with Crippen LogP contribution in [-0.4, -0.2) is 76.0 Å². The molecule has 162 valence electrons. The molecule has 1 fully saturated rings. The number of nitrogens with zero attached hydrogens (tertiary/aromatic N) is 5. The van der Waals surface area contributed by atoms with Gasteiger partial charge >= 0.3 is 5.97 Å². The zero-order chi connectivity index (χ0) is 22.1. The predicted octanol–water partition coefficient (Wildman–Crippen LogP) is -0.0109. The Kier molecular flexibility index (Phi) is 5.87. The number of aromatic nitrogens is 4. The lowest BCUT2D eigenvalue weighted by Crippen LogP contribution is -2.70. The molecule has 2 aromatic rings. The molecule has 0 bridgehead atoms. The van der Waals surface area contributed by atoms with E-state index in [2.05, 4.69) is 20.8 Å². The van der Waals surface area contributed by atoms with Gasteiger partial charge in [-0.1, -0.05) is 23.9 Å². The van der Waals surface area contributed by atoms with E-state index in [1.165, 1.54) is 45.2 Å². The molecule has 3 heterocycles. The maximum absolute atomic E-state index is 12.7. The highest BCUT2D eigenvalue weighted by molar-refractivity contribution is 8.01. The third-order valence-electron chi connectivity index (χ3n) is 4.82. The largest absolute Gasteiger partial charge is 0.508 e. The van der Waals surface area contributed by atoms with Crippen LogP contribution in [0.2, 0.25) is 0 Å². The number of hydrogen-bond donors (Lipinski definition) is 3. The molecule has 11 nitrogen and oxygen atoms in total. The van der Waals surface area contributed by atoms with Crippen molar-refractivity contribution in [2.24, 2.45) is 7.05 Å². The normalized spacial score (nSPS) is 20.3. The van der Waals surface area contributed by atoms with Crippen molar-refractivity contribution in [2.45, 2.75) is 23.0 Å². The van der Waals surface area contributed by atoms with Gasteiger partial charge in [-0.25, -0.2) is 9.48 Å². The van der Waals surface area contributed by atoms with Gasteiger partial charge in [-0.2, -0.15) is 0 Å². The van der Waals surface area contributed by atoms with Crippen molar-refractivity contribution in [1.82, 2.24) is 30.4 Å². The number of tetrazole rings is 1. The summed E-state index contributed by atoms with van der Waals surface area (Å²) in [7, 11) is 1.69. The lowest BCUT2D eigenvalue weighted by atomic mass is 10.0. The first-order valence-corrected chi connectivity index (χ1v) is 11.2. The van der Waals surface area contributed by atoms with Gasteiger partial charge in [-0.3, -0.25) is 14.5 Å². The Morgan fingerprint density at radius 3 is 2.71 bits per heavy atom. The molecule has 1 unspecified atom stereocenters. The number of aromatic hydroxyl groups is 1. The maximum atomic E-state index is 12.7. The molecule has 1 aromatic carbocycles. The minimum absolute atomic E-state index is 0.0413. The topological polar surface area (TPSA) is 151 Å². The minimum Gasteiger partial charge on any atom is -0.508 e. The Morgan fingerprint density at radius 2 is 2.06 bits per heavy atom. The number of carboxylic acid groups (broad SMARTS) is 1. The molecule has 1 saturated heterocycles. The van der Waals surface area contributed by atoms with E-state index in [0.717, 1.165) is 0 Å². The summed E-state index contributed by atoms with van der Waals surface area (Å²) < 4.78 is 1.49. The number of aliphatic carboxylic acids is 1. The van der Waals surface area contributed by atoms with Crippen LogP contribution in [0.15, 0.2) is 40.7 Å². The Morgan fingerprint density at radius 1 is 1.32 bits per heavy atom. The van der Waals surface area contributed by atoms with Gasteiger partial charge in [-0.15, -0.1) is 16.9 Å². The smallest absolute Gasteiger partial charge is 0.352 e. The minimum atomic E-state index is -1.18. The summed E-state index contributed by atoms with van der Waals surface area (Å²) in [6.45, 7) is 0. The molecule has 31 heavy (non-hydrogen) atoms. The van der Waals surface area contributed by atoms with Crippen molar-refractivity contribution in [3.63, 3.8) is 0 Å². The van der Waals surface area contributed by atoms with Crippen LogP contribution >= 0.6 is 23.5 Å². The number of β-lactam (4-membered cyclic amide) rings is 1. The van der Waals surface area contributed by atoms with Gasteiger partial charge in [0, 0.05) is 18.6 Å². The molecule has 2 aliphatic heterocycles. The zero-order valence-electron chi connectivity index (χ0n) is 16.3. The number of amides is 2. The molecule has 4 rings (SSSR count). The van der Waals surface area contributed by atoms with Crippen molar-refractivity contribution in [3.8, 4) is 5.75 Å². The van der Waals surface area contributed by atoms with Gasteiger partial charge in [0.15, 0.2) is 0 Å². The molecular weight excluding hydrogens is 444 g/mol. The zero-order valence-corrected chi connectivity index (χ0v) is 17.9. The third kappa shape index (κ3) is 4.23. The first kappa shape index (κ1) is 21.2. The van der Waals surface area contributed by atoms with Gasteiger partial charge in [0.05, 0.1) is 6.42 Å². The highest BCUT2D eigenvalue weighted by Crippen LogP contribution is 2.41. The van der Waals surface area contributed by atoms with Gasteiger partial charge in [-0.05, 0) is 33.7 Å². The average molecular weight is 463 g/mol. The van der Waals surface area contributed by atoms with E-state index in [9.17, 15) is 24.6 Å². The molecule has 3 N–H and O–H groups in total. The van der Waals surface area contributed by atoms with Gasteiger partial charge in [0.1, 0.15) is 22.9 Å². The van der Waals surface area contributed by atoms with Crippen LogP contribution in [0.5, 0.6) is 5.75 Å². The molecule has 2 aliphatic rings. The van der Waals surface area contributed by atoms with E-state index in [-0.39, 0.29) is 23.8 Å². The van der Waals surface area contributed by atoms with E-state index >= 15 is 0 Å². The van der Waals surface area contributed by atoms with E-state index in [1.807, 2.05) is 0 Å². The second-order valence-corrected chi connectivity index (χ2v) is 8.98. The van der Waals surface area contributed by atoms with E-state index < -0.39 is 23.3 Å². The highest BCUT2D eigenvalue weighted by Gasteiger charge is 2.54. The lowest BCUT2D eigenvalue weighted by molar-refractivity contribution is -0.150. The highest BCUT2D eigenvalue weighted by atomic mass is 32.2. The van der Waals surface area contributed by atoms with Crippen molar-refractivity contribution in [1.29, 1.82) is 0 Å². The first-order chi connectivity index (χ1) is 14.8. The summed E-state index contributed by atoms with van der Waals surface area (Å²) in [6.07, 6.45) is 0.0523. The van der Waals surface area contributed by atoms with Crippen LogP contribution in [-0.2, 0) is 27.9 Å². The molecule has 0 spiro atoms. The van der Waals surface area contributed by atoms with Crippen molar-refractivity contribution >= 4 is 41.3 Å². The number of carbonyl (C=O) groups excluding carboxylic acids is 2. The van der Waals surface area contributed by atoms with Gasteiger partial charge < -0.3 is 15.5 Å².